The highest BCUT2D eigenvalue weighted by Crippen LogP contribution is 2.17. The van der Waals surface area contributed by atoms with Gasteiger partial charge in [0.2, 0.25) is 0 Å². The Kier molecular flexibility index (Phi) is 2.78. The number of fused-ring (bicyclic) bond motifs is 1. The number of hydrogen-bond acceptors (Lipinski definition) is 1. The summed E-state index contributed by atoms with van der Waals surface area (Å²) in [7, 11) is 0. The Morgan fingerprint density at radius 3 is 2.80 bits per heavy atom. The van der Waals surface area contributed by atoms with E-state index in [1.807, 2.05) is 24.3 Å². The number of pyridine rings is 1. The van der Waals surface area contributed by atoms with Gasteiger partial charge in [0, 0.05) is 17.6 Å². The lowest BCUT2D eigenvalue weighted by Gasteiger charge is -2.08. The van der Waals surface area contributed by atoms with Gasteiger partial charge >= 0.3 is 0 Å². The molecule has 2 aromatic rings. The van der Waals surface area contributed by atoms with Gasteiger partial charge in [0.1, 0.15) is 0 Å². The quantitative estimate of drug-likeness (QED) is 0.764. The smallest absolute Gasteiger partial charge is 0.251 e. The molecule has 2 nitrogen and oxygen atoms in total. The fourth-order valence-corrected chi connectivity index (χ4v) is 1.91. The normalized spacial score (nSPS) is 10.8. The molecule has 1 aromatic heterocycles. The third-order valence-electron chi connectivity index (χ3n) is 2.40. The van der Waals surface area contributed by atoms with Crippen LogP contribution in [0.4, 0.5) is 0 Å². The average Bonchev–Trinajstić information content (AvgIpc) is 2.22. The van der Waals surface area contributed by atoms with Gasteiger partial charge in [-0.05, 0) is 36.1 Å². The van der Waals surface area contributed by atoms with Crippen LogP contribution in [0.2, 0.25) is 5.02 Å². The van der Waals surface area contributed by atoms with Crippen LogP contribution in [-0.4, -0.2) is 4.57 Å². The highest BCUT2D eigenvalue weighted by molar-refractivity contribution is 6.31. The molecular weight excluding hydrogens is 210 g/mol. The predicted octanol–water partition coefficient (Wildman–Crippen LogP) is 3.06. The second-order valence-corrected chi connectivity index (χ2v) is 3.96. The molecule has 78 valence electrons. The van der Waals surface area contributed by atoms with Crippen LogP contribution in [0.3, 0.4) is 0 Å². The molecule has 3 heteroatoms. The number of benzene rings is 1. The van der Waals surface area contributed by atoms with Crippen molar-refractivity contribution >= 4 is 22.5 Å². The second-order valence-electron chi connectivity index (χ2n) is 3.53. The molecule has 0 aliphatic carbocycles. The molecule has 0 radical (unpaired) electrons. The molecule has 2 rings (SSSR count). The van der Waals surface area contributed by atoms with Crippen LogP contribution in [0.5, 0.6) is 0 Å². The molecule has 0 bridgehead atoms. The van der Waals surface area contributed by atoms with E-state index in [0.717, 1.165) is 23.9 Å². The predicted molar refractivity (Wildman–Crippen MR) is 63.5 cm³/mol. The Balaban J connectivity index is 2.76. The second kappa shape index (κ2) is 4.07. The number of hydrogen-bond donors (Lipinski definition) is 0. The SMILES string of the molecule is CCCn1c(=O)ccc2cc(Cl)ccc21. The Bertz CT molecular complexity index is 545. The topological polar surface area (TPSA) is 22.0 Å². The third kappa shape index (κ3) is 1.90. The molecule has 0 spiro atoms. The molecule has 0 aliphatic heterocycles. The molecule has 1 aromatic carbocycles. The van der Waals surface area contributed by atoms with E-state index < -0.39 is 0 Å². The van der Waals surface area contributed by atoms with Crippen molar-refractivity contribution in [1.29, 1.82) is 0 Å². The number of aromatic nitrogens is 1. The number of aryl methyl sites for hydroxylation is 1. The summed E-state index contributed by atoms with van der Waals surface area (Å²) in [5.41, 5.74) is 1.00. The number of halogens is 1. The minimum Gasteiger partial charge on any atom is -0.308 e. The van der Waals surface area contributed by atoms with Gasteiger partial charge < -0.3 is 4.57 Å². The van der Waals surface area contributed by atoms with E-state index in [0.29, 0.717) is 5.02 Å². The Hall–Kier alpha value is -1.28. The Morgan fingerprint density at radius 2 is 2.07 bits per heavy atom. The number of nitrogens with zero attached hydrogens (tertiary/aromatic N) is 1. The fraction of sp³-hybridized carbons (Fsp3) is 0.250. The lowest BCUT2D eigenvalue weighted by Crippen LogP contribution is -2.18. The van der Waals surface area contributed by atoms with Crippen molar-refractivity contribution in [3.8, 4) is 0 Å². The lowest BCUT2D eigenvalue weighted by molar-refractivity contribution is 0.678. The molecule has 0 fully saturated rings. The van der Waals surface area contributed by atoms with Crippen LogP contribution in [0.15, 0.2) is 35.1 Å². The van der Waals surface area contributed by atoms with Gasteiger partial charge in [0.05, 0.1) is 5.52 Å². The van der Waals surface area contributed by atoms with Gasteiger partial charge in [-0.3, -0.25) is 4.79 Å². The van der Waals surface area contributed by atoms with Gasteiger partial charge in [-0.2, -0.15) is 0 Å². The summed E-state index contributed by atoms with van der Waals surface area (Å²) in [6, 6.07) is 9.00. The fourth-order valence-electron chi connectivity index (χ4n) is 1.73. The van der Waals surface area contributed by atoms with Crippen LogP contribution in [0.1, 0.15) is 13.3 Å². The summed E-state index contributed by atoms with van der Waals surface area (Å²) in [4.78, 5) is 11.6. The molecule has 0 aliphatic rings. The van der Waals surface area contributed by atoms with Crippen LogP contribution >= 0.6 is 11.6 Å². The van der Waals surface area contributed by atoms with Gasteiger partial charge in [0.15, 0.2) is 0 Å². The summed E-state index contributed by atoms with van der Waals surface area (Å²) >= 11 is 5.90. The third-order valence-corrected chi connectivity index (χ3v) is 2.63. The standard InChI is InChI=1S/C12H12ClNO/c1-2-7-14-11-5-4-10(13)8-9(11)3-6-12(14)15/h3-6,8H,2,7H2,1H3. The summed E-state index contributed by atoms with van der Waals surface area (Å²) in [5, 5.41) is 1.71. The van der Waals surface area contributed by atoms with Gasteiger partial charge in [-0.1, -0.05) is 18.5 Å². The maximum atomic E-state index is 11.6. The molecule has 0 saturated heterocycles. The van der Waals surface area contributed by atoms with Gasteiger partial charge in [-0.15, -0.1) is 0 Å². The zero-order valence-corrected chi connectivity index (χ0v) is 9.29. The summed E-state index contributed by atoms with van der Waals surface area (Å²) in [6.07, 6.45) is 0.946. The number of rotatable bonds is 2. The Morgan fingerprint density at radius 1 is 1.27 bits per heavy atom. The minimum atomic E-state index is 0.0478. The summed E-state index contributed by atoms with van der Waals surface area (Å²) < 4.78 is 1.78. The van der Waals surface area contributed by atoms with Crippen molar-refractivity contribution in [2.75, 3.05) is 0 Å². The lowest BCUT2D eigenvalue weighted by atomic mass is 10.2. The van der Waals surface area contributed by atoms with Crippen molar-refractivity contribution < 1.29 is 0 Å². The molecule has 15 heavy (non-hydrogen) atoms. The zero-order valence-electron chi connectivity index (χ0n) is 8.53. The van der Waals surface area contributed by atoms with Gasteiger partial charge in [0.25, 0.3) is 5.56 Å². The van der Waals surface area contributed by atoms with E-state index >= 15 is 0 Å². The van der Waals surface area contributed by atoms with E-state index in [2.05, 4.69) is 6.92 Å². The van der Waals surface area contributed by atoms with Crippen molar-refractivity contribution in [3.05, 3.63) is 45.7 Å². The Labute approximate surface area is 93.1 Å². The van der Waals surface area contributed by atoms with Crippen molar-refractivity contribution in [2.45, 2.75) is 19.9 Å². The molecule has 0 unspecified atom stereocenters. The van der Waals surface area contributed by atoms with E-state index in [1.54, 1.807) is 10.6 Å². The summed E-state index contributed by atoms with van der Waals surface area (Å²) in [5.74, 6) is 0. The van der Waals surface area contributed by atoms with E-state index in [9.17, 15) is 4.79 Å². The first kappa shape index (κ1) is 10.2. The van der Waals surface area contributed by atoms with E-state index in [-0.39, 0.29) is 5.56 Å². The molecule has 1 heterocycles. The monoisotopic (exact) mass is 221 g/mol. The molecule has 0 atom stereocenters. The van der Waals surface area contributed by atoms with Crippen molar-refractivity contribution in [2.24, 2.45) is 0 Å². The first-order chi connectivity index (χ1) is 7.22. The van der Waals surface area contributed by atoms with E-state index in [1.165, 1.54) is 0 Å². The van der Waals surface area contributed by atoms with Crippen LogP contribution in [0, 0.1) is 0 Å². The van der Waals surface area contributed by atoms with Crippen LogP contribution in [0.25, 0.3) is 10.9 Å². The van der Waals surface area contributed by atoms with Crippen molar-refractivity contribution in [3.63, 3.8) is 0 Å². The first-order valence-corrected chi connectivity index (χ1v) is 5.39. The van der Waals surface area contributed by atoms with Crippen LogP contribution < -0.4 is 5.56 Å². The zero-order chi connectivity index (χ0) is 10.8. The van der Waals surface area contributed by atoms with Crippen LogP contribution in [-0.2, 0) is 6.54 Å². The maximum Gasteiger partial charge on any atom is 0.251 e. The largest absolute Gasteiger partial charge is 0.308 e. The molecule has 0 N–H and O–H groups in total. The minimum absolute atomic E-state index is 0.0478. The highest BCUT2D eigenvalue weighted by atomic mass is 35.5. The summed E-state index contributed by atoms with van der Waals surface area (Å²) in [6.45, 7) is 2.80. The van der Waals surface area contributed by atoms with E-state index in [4.69, 9.17) is 11.6 Å². The molecule has 0 amide bonds. The van der Waals surface area contributed by atoms with Gasteiger partial charge in [-0.25, -0.2) is 0 Å². The molecular formula is C12H12ClNO. The van der Waals surface area contributed by atoms with Crippen molar-refractivity contribution in [1.82, 2.24) is 4.57 Å². The maximum absolute atomic E-state index is 11.6. The highest BCUT2D eigenvalue weighted by Gasteiger charge is 2.01. The molecule has 0 saturated carbocycles. The first-order valence-electron chi connectivity index (χ1n) is 5.01. The average molecular weight is 222 g/mol.